The quantitative estimate of drug-likeness (QED) is 0.747. The number of anilines is 1. The molecule has 8 heteroatoms. The third-order valence-corrected chi connectivity index (χ3v) is 3.28. The number of amides is 2. The highest BCUT2D eigenvalue weighted by molar-refractivity contribution is 5.89. The van der Waals surface area contributed by atoms with Gasteiger partial charge in [-0.05, 0) is 25.1 Å². The predicted octanol–water partition coefficient (Wildman–Crippen LogP) is 3.27. The van der Waals surface area contributed by atoms with Crippen LogP contribution in [0, 0.1) is 23.3 Å². The summed E-state index contributed by atoms with van der Waals surface area (Å²) >= 11 is 0. The zero-order chi connectivity index (χ0) is 17.9. The molecule has 0 fully saturated rings. The molecular weight excluding hydrogens is 328 g/mol. The fraction of sp³-hybridized carbons (Fsp3) is 0.188. The van der Waals surface area contributed by atoms with Gasteiger partial charge in [0.2, 0.25) is 0 Å². The monoisotopic (exact) mass is 342 g/mol. The average Bonchev–Trinajstić information content (AvgIpc) is 2.48. The third-order valence-electron chi connectivity index (χ3n) is 3.28. The normalized spacial score (nSPS) is 13.2. The first-order valence-corrected chi connectivity index (χ1v) is 6.87. The van der Waals surface area contributed by atoms with E-state index in [-0.39, 0.29) is 11.3 Å². The van der Waals surface area contributed by atoms with Crippen LogP contribution in [0.25, 0.3) is 0 Å². The van der Waals surface area contributed by atoms with Crippen LogP contribution in [0.4, 0.5) is 28.0 Å². The summed E-state index contributed by atoms with van der Waals surface area (Å²) in [6, 6.07) is 4.34. The van der Waals surface area contributed by atoms with Gasteiger partial charge >= 0.3 is 6.03 Å². The molecule has 3 N–H and O–H groups in total. The fourth-order valence-electron chi connectivity index (χ4n) is 2.03. The minimum absolute atomic E-state index is 0.211. The molecule has 2 amide bonds. The molecule has 0 saturated heterocycles. The highest BCUT2D eigenvalue weighted by Crippen LogP contribution is 2.23. The van der Waals surface area contributed by atoms with E-state index in [1.165, 1.54) is 6.92 Å². The number of halogens is 4. The van der Waals surface area contributed by atoms with Gasteiger partial charge in [0.15, 0.2) is 0 Å². The Balaban J connectivity index is 2.02. The molecule has 2 aromatic rings. The smallest absolute Gasteiger partial charge is 0.319 e. The van der Waals surface area contributed by atoms with Gasteiger partial charge < -0.3 is 15.7 Å². The standard InChI is InChI=1S/C16H14F4N2O2/c1-16(24,11-4-2-9(17)6-12(11)19)8-21-15(23)22-14-5-3-10(18)7-13(14)20/h2-7,24H,8H2,1H3,(H2,21,22,23). The van der Waals surface area contributed by atoms with Gasteiger partial charge in [0.05, 0.1) is 12.2 Å². The molecule has 24 heavy (non-hydrogen) atoms. The number of aliphatic hydroxyl groups is 1. The summed E-state index contributed by atoms with van der Waals surface area (Å²) < 4.78 is 52.8. The summed E-state index contributed by atoms with van der Waals surface area (Å²) in [6.45, 7) is 0.798. The lowest BCUT2D eigenvalue weighted by molar-refractivity contribution is 0.0561. The highest BCUT2D eigenvalue weighted by Gasteiger charge is 2.27. The van der Waals surface area contributed by atoms with E-state index in [1.807, 2.05) is 0 Å². The van der Waals surface area contributed by atoms with Crippen LogP contribution in [0.15, 0.2) is 36.4 Å². The minimum Gasteiger partial charge on any atom is -0.383 e. The van der Waals surface area contributed by atoms with Crippen molar-refractivity contribution in [3.63, 3.8) is 0 Å². The number of urea groups is 1. The maximum Gasteiger partial charge on any atom is 0.319 e. The van der Waals surface area contributed by atoms with Crippen LogP contribution in [0.1, 0.15) is 12.5 Å². The SMILES string of the molecule is CC(O)(CNC(=O)Nc1ccc(F)cc1F)c1ccc(F)cc1F. The second kappa shape index (κ2) is 6.88. The predicted molar refractivity (Wildman–Crippen MR) is 79.3 cm³/mol. The molecule has 1 unspecified atom stereocenters. The molecule has 0 aliphatic heterocycles. The number of carbonyl (C=O) groups is 1. The lowest BCUT2D eigenvalue weighted by Crippen LogP contribution is -2.41. The van der Waals surface area contributed by atoms with Gasteiger partial charge in [0.1, 0.15) is 28.9 Å². The van der Waals surface area contributed by atoms with Gasteiger partial charge in [-0.2, -0.15) is 0 Å². The topological polar surface area (TPSA) is 61.4 Å². The molecule has 2 aromatic carbocycles. The van der Waals surface area contributed by atoms with Crippen molar-refractivity contribution in [2.24, 2.45) is 0 Å². The summed E-state index contributed by atoms with van der Waals surface area (Å²) in [5.74, 6) is -3.54. The van der Waals surface area contributed by atoms with E-state index in [0.717, 1.165) is 24.3 Å². The Labute approximate surface area is 135 Å². The number of benzene rings is 2. The second-order valence-corrected chi connectivity index (χ2v) is 5.33. The zero-order valence-corrected chi connectivity index (χ0v) is 12.5. The zero-order valence-electron chi connectivity index (χ0n) is 12.5. The number of nitrogens with one attached hydrogen (secondary N) is 2. The summed E-state index contributed by atoms with van der Waals surface area (Å²) in [5, 5.41) is 14.6. The van der Waals surface area contributed by atoms with Crippen LogP contribution >= 0.6 is 0 Å². The van der Waals surface area contributed by atoms with Crippen LogP contribution in [-0.2, 0) is 5.60 Å². The lowest BCUT2D eigenvalue weighted by atomic mass is 9.95. The molecule has 1 atom stereocenters. The Bertz CT molecular complexity index is 766. The van der Waals surface area contributed by atoms with Crippen molar-refractivity contribution in [3.8, 4) is 0 Å². The molecule has 0 aliphatic carbocycles. The van der Waals surface area contributed by atoms with Crippen molar-refractivity contribution >= 4 is 11.7 Å². The number of carbonyl (C=O) groups excluding carboxylic acids is 1. The number of hydrogen-bond acceptors (Lipinski definition) is 2. The van der Waals surface area contributed by atoms with Gasteiger partial charge in [-0.3, -0.25) is 0 Å². The van der Waals surface area contributed by atoms with Crippen molar-refractivity contribution in [1.29, 1.82) is 0 Å². The van der Waals surface area contributed by atoms with E-state index in [1.54, 1.807) is 0 Å². The Morgan fingerprint density at radius 3 is 2.21 bits per heavy atom. The third kappa shape index (κ3) is 4.23. The minimum atomic E-state index is -1.82. The molecule has 0 heterocycles. The Morgan fingerprint density at radius 2 is 1.62 bits per heavy atom. The van der Waals surface area contributed by atoms with Gasteiger partial charge in [-0.1, -0.05) is 6.07 Å². The van der Waals surface area contributed by atoms with Crippen molar-refractivity contribution in [2.45, 2.75) is 12.5 Å². The van der Waals surface area contributed by atoms with E-state index in [4.69, 9.17) is 0 Å². The Morgan fingerprint density at radius 1 is 1.04 bits per heavy atom. The molecular formula is C16H14F4N2O2. The first kappa shape index (κ1) is 17.7. The van der Waals surface area contributed by atoms with Gasteiger partial charge in [0, 0.05) is 17.7 Å². The second-order valence-electron chi connectivity index (χ2n) is 5.33. The fourth-order valence-corrected chi connectivity index (χ4v) is 2.03. The average molecular weight is 342 g/mol. The van der Waals surface area contributed by atoms with Crippen molar-refractivity contribution in [2.75, 3.05) is 11.9 Å². The van der Waals surface area contributed by atoms with Crippen LogP contribution < -0.4 is 10.6 Å². The molecule has 0 bridgehead atoms. The van der Waals surface area contributed by atoms with Crippen LogP contribution in [-0.4, -0.2) is 17.7 Å². The van der Waals surface area contributed by atoms with E-state index in [2.05, 4.69) is 10.6 Å². The molecule has 0 aromatic heterocycles. The van der Waals surface area contributed by atoms with Crippen molar-refractivity contribution < 1.29 is 27.5 Å². The van der Waals surface area contributed by atoms with Gasteiger partial charge in [-0.15, -0.1) is 0 Å². The van der Waals surface area contributed by atoms with Crippen LogP contribution in [0.3, 0.4) is 0 Å². The molecule has 0 spiro atoms. The van der Waals surface area contributed by atoms with E-state index < -0.39 is 41.4 Å². The van der Waals surface area contributed by atoms with Crippen molar-refractivity contribution in [3.05, 3.63) is 65.2 Å². The molecule has 0 saturated carbocycles. The Kier molecular flexibility index (Phi) is 5.08. The molecule has 4 nitrogen and oxygen atoms in total. The largest absolute Gasteiger partial charge is 0.383 e. The van der Waals surface area contributed by atoms with E-state index >= 15 is 0 Å². The first-order valence-electron chi connectivity index (χ1n) is 6.87. The van der Waals surface area contributed by atoms with E-state index in [0.29, 0.717) is 12.1 Å². The van der Waals surface area contributed by atoms with Gasteiger partial charge in [-0.25, -0.2) is 22.4 Å². The lowest BCUT2D eigenvalue weighted by Gasteiger charge is -2.24. The Hall–Kier alpha value is -2.61. The highest BCUT2D eigenvalue weighted by atomic mass is 19.1. The van der Waals surface area contributed by atoms with Crippen LogP contribution in [0.5, 0.6) is 0 Å². The van der Waals surface area contributed by atoms with Crippen LogP contribution in [0.2, 0.25) is 0 Å². The molecule has 0 aliphatic rings. The summed E-state index contributed by atoms with van der Waals surface area (Å²) in [7, 11) is 0. The number of rotatable bonds is 4. The van der Waals surface area contributed by atoms with Crippen molar-refractivity contribution in [1.82, 2.24) is 5.32 Å². The van der Waals surface area contributed by atoms with E-state index in [9.17, 15) is 27.5 Å². The maximum absolute atomic E-state index is 13.7. The number of hydrogen-bond donors (Lipinski definition) is 3. The molecule has 2 rings (SSSR count). The summed E-state index contributed by atoms with van der Waals surface area (Å²) in [6.07, 6.45) is 0. The maximum atomic E-state index is 13.7. The summed E-state index contributed by atoms with van der Waals surface area (Å²) in [4.78, 5) is 11.7. The summed E-state index contributed by atoms with van der Waals surface area (Å²) in [5.41, 5.74) is -2.30. The first-order chi connectivity index (χ1) is 11.2. The van der Waals surface area contributed by atoms with Gasteiger partial charge in [0.25, 0.3) is 0 Å². The molecule has 0 radical (unpaired) electrons. The molecule has 128 valence electrons.